The molecule has 0 heterocycles. The van der Waals surface area contributed by atoms with Crippen molar-refractivity contribution in [1.29, 1.82) is 0 Å². The fraction of sp³-hybridized carbons (Fsp3) is 0.316. The van der Waals surface area contributed by atoms with E-state index < -0.39 is 40.1 Å². The number of hydrogen-bond donors (Lipinski definition) is 2. The number of amides is 1. The highest BCUT2D eigenvalue weighted by atomic mass is 32.2. The van der Waals surface area contributed by atoms with Crippen LogP contribution < -0.4 is 10.0 Å². The van der Waals surface area contributed by atoms with Crippen molar-refractivity contribution in [3.05, 3.63) is 65.0 Å². The molecule has 0 fully saturated rings. The number of sulfonamides is 1. The smallest absolute Gasteiger partial charge is 0.367 e. The van der Waals surface area contributed by atoms with Crippen molar-refractivity contribution >= 4 is 15.9 Å². The highest BCUT2D eigenvalue weighted by Gasteiger charge is 2.27. The molecule has 11 heteroatoms. The molecule has 2 rings (SSSR count). The summed E-state index contributed by atoms with van der Waals surface area (Å²) in [7, 11) is -3.85. The van der Waals surface area contributed by atoms with Crippen LogP contribution in [-0.2, 0) is 27.9 Å². The molecule has 6 nitrogen and oxygen atoms in total. The van der Waals surface area contributed by atoms with Crippen LogP contribution in [0.5, 0.6) is 0 Å². The van der Waals surface area contributed by atoms with E-state index in [0.717, 1.165) is 18.2 Å². The third kappa shape index (κ3) is 7.08. The topological polar surface area (TPSA) is 84.5 Å². The Labute approximate surface area is 171 Å². The number of alkyl halides is 3. The molecule has 0 atom stereocenters. The van der Waals surface area contributed by atoms with Gasteiger partial charge >= 0.3 is 6.18 Å². The van der Waals surface area contributed by atoms with Gasteiger partial charge in [0.1, 0.15) is 12.4 Å². The monoisotopic (exact) mass is 448 g/mol. The number of carbonyl (C=O) groups excluding carboxylic acids is 1. The van der Waals surface area contributed by atoms with Gasteiger partial charge in [0, 0.05) is 13.1 Å². The molecular weight excluding hydrogens is 428 g/mol. The van der Waals surface area contributed by atoms with E-state index in [2.05, 4.69) is 14.8 Å². The SMILES string of the molecule is CCNS(=O)(=O)c1ccc(F)c(C(=O)NCc2ccc(COCC(F)(F)F)cc2)c1. The number of hydrogen-bond acceptors (Lipinski definition) is 4. The average molecular weight is 448 g/mol. The molecule has 0 aromatic heterocycles. The first-order valence-electron chi connectivity index (χ1n) is 8.81. The van der Waals surface area contributed by atoms with Gasteiger partial charge in [-0.3, -0.25) is 4.79 Å². The number of rotatable bonds is 9. The maximum Gasteiger partial charge on any atom is 0.411 e. The summed E-state index contributed by atoms with van der Waals surface area (Å²) in [4.78, 5) is 12.0. The molecule has 0 saturated heterocycles. The molecule has 1 amide bonds. The summed E-state index contributed by atoms with van der Waals surface area (Å²) >= 11 is 0. The van der Waals surface area contributed by atoms with Crippen LogP contribution in [0.15, 0.2) is 47.4 Å². The summed E-state index contributed by atoms with van der Waals surface area (Å²) in [5, 5.41) is 2.48. The predicted molar refractivity (Wildman–Crippen MR) is 101 cm³/mol. The molecule has 2 aromatic carbocycles. The van der Waals surface area contributed by atoms with Crippen LogP contribution in [0.3, 0.4) is 0 Å². The van der Waals surface area contributed by atoms with Gasteiger partial charge in [0.25, 0.3) is 5.91 Å². The molecule has 0 unspecified atom stereocenters. The van der Waals surface area contributed by atoms with Crippen molar-refractivity contribution in [3.8, 4) is 0 Å². The van der Waals surface area contributed by atoms with Crippen molar-refractivity contribution in [2.24, 2.45) is 0 Å². The Balaban J connectivity index is 1.99. The molecule has 0 aliphatic carbocycles. The zero-order valence-corrected chi connectivity index (χ0v) is 16.7. The van der Waals surface area contributed by atoms with Gasteiger partial charge in [-0.05, 0) is 29.3 Å². The molecule has 0 bridgehead atoms. The van der Waals surface area contributed by atoms with E-state index >= 15 is 0 Å². The van der Waals surface area contributed by atoms with Crippen LogP contribution >= 0.6 is 0 Å². The molecule has 0 saturated carbocycles. The van der Waals surface area contributed by atoms with E-state index in [0.29, 0.717) is 11.1 Å². The van der Waals surface area contributed by atoms with Gasteiger partial charge in [-0.2, -0.15) is 13.2 Å². The maximum absolute atomic E-state index is 14.0. The first-order chi connectivity index (χ1) is 14.0. The lowest BCUT2D eigenvalue weighted by atomic mass is 10.1. The Morgan fingerprint density at radius 2 is 1.70 bits per heavy atom. The lowest BCUT2D eigenvalue weighted by Gasteiger charge is -2.10. The average Bonchev–Trinajstić information content (AvgIpc) is 2.66. The normalized spacial score (nSPS) is 12.0. The van der Waals surface area contributed by atoms with E-state index in [9.17, 15) is 30.8 Å². The summed E-state index contributed by atoms with van der Waals surface area (Å²) in [6.45, 7) is 0.163. The number of nitrogens with one attached hydrogen (secondary N) is 2. The second kappa shape index (κ2) is 10.0. The minimum absolute atomic E-state index is 0.00610. The van der Waals surface area contributed by atoms with E-state index in [1.165, 1.54) is 0 Å². The second-order valence-corrected chi connectivity index (χ2v) is 8.02. The van der Waals surface area contributed by atoms with Gasteiger partial charge < -0.3 is 10.1 Å². The van der Waals surface area contributed by atoms with E-state index in [1.54, 1.807) is 31.2 Å². The van der Waals surface area contributed by atoms with Gasteiger partial charge in [0.05, 0.1) is 17.1 Å². The van der Waals surface area contributed by atoms with Crippen LogP contribution in [-0.4, -0.2) is 33.7 Å². The number of benzene rings is 2. The first-order valence-corrected chi connectivity index (χ1v) is 10.3. The van der Waals surface area contributed by atoms with Crippen molar-refractivity contribution in [1.82, 2.24) is 10.0 Å². The van der Waals surface area contributed by atoms with Gasteiger partial charge in [0.2, 0.25) is 10.0 Å². The third-order valence-corrected chi connectivity index (χ3v) is 5.38. The second-order valence-electron chi connectivity index (χ2n) is 6.25. The lowest BCUT2D eigenvalue weighted by molar-refractivity contribution is -0.176. The van der Waals surface area contributed by atoms with Gasteiger partial charge in [-0.25, -0.2) is 17.5 Å². The molecule has 0 aliphatic heterocycles. The first kappa shape index (κ1) is 23.8. The van der Waals surface area contributed by atoms with Gasteiger partial charge in [-0.1, -0.05) is 31.2 Å². The number of halogens is 4. The Morgan fingerprint density at radius 3 is 2.30 bits per heavy atom. The highest BCUT2D eigenvalue weighted by Crippen LogP contribution is 2.17. The Morgan fingerprint density at radius 1 is 1.07 bits per heavy atom. The quantitative estimate of drug-likeness (QED) is 0.578. The highest BCUT2D eigenvalue weighted by molar-refractivity contribution is 7.89. The Bertz CT molecular complexity index is 977. The van der Waals surface area contributed by atoms with E-state index in [1.807, 2.05) is 0 Å². The standard InChI is InChI=1S/C19H20F4N2O4S/c1-2-25-30(27,28)15-7-8-17(20)16(9-15)18(26)24-10-13-3-5-14(6-4-13)11-29-12-19(21,22)23/h3-9,25H,2,10-12H2,1H3,(H,24,26). The summed E-state index contributed by atoms with van der Waals surface area (Å²) in [6, 6.07) is 9.15. The Kier molecular flexibility index (Phi) is 7.93. The zero-order chi connectivity index (χ0) is 22.4. The molecule has 2 N–H and O–H groups in total. The predicted octanol–water partition coefficient (Wildman–Crippen LogP) is 3.13. The molecule has 0 radical (unpaired) electrons. The zero-order valence-electron chi connectivity index (χ0n) is 15.9. The van der Waals surface area contributed by atoms with E-state index in [-0.39, 0.29) is 24.6 Å². The Hall–Kier alpha value is -2.50. The number of carbonyl (C=O) groups is 1. The summed E-state index contributed by atoms with van der Waals surface area (Å²) in [5.74, 6) is -1.68. The molecule has 0 spiro atoms. The van der Waals surface area contributed by atoms with Crippen LogP contribution in [0.25, 0.3) is 0 Å². The maximum atomic E-state index is 14.0. The molecule has 2 aromatic rings. The van der Waals surface area contributed by atoms with Gasteiger partial charge in [0.15, 0.2) is 0 Å². The van der Waals surface area contributed by atoms with Crippen molar-refractivity contribution in [2.75, 3.05) is 13.2 Å². The summed E-state index contributed by atoms with van der Waals surface area (Å²) in [5.41, 5.74) is 0.701. The molecule has 164 valence electrons. The minimum Gasteiger partial charge on any atom is -0.367 e. The molecular formula is C19H20F4N2O4S. The van der Waals surface area contributed by atoms with Crippen molar-refractivity contribution < 1.29 is 35.5 Å². The fourth-order valence-corrected chi connectivity index (χ4v) is 3.50. The van der Waals surface area contributed by atoms with Crippen LogP contribution in [0.2, 0.25) is 0 Å². The largest absolute Gasteiger partial charge is 0.411 e. The van der Waals surface area contributed by atoms with Crippen LogP contribution in [0.4, 0.5) is 17.6 Å². The third-order valence-electron chi connectivity index (χ3n) is 3.84. The van der Waals surface area contributed by atoms with E-state index in [4.69, 9.17) is 0 Å². The lowest BCUT2D eigenvalue weighted by Crippen LogP contribution is -2.26. The van der Waals surface area contributed by atoms with Crippen molar-refractivity contribution in [2.45, 2.75) is 31.1 Å². The summed E-state index contributed by atoms with van der Waals surface area (Å²) in [6.07, 6.45) is -4.40. The number of ether oxygens (including phenoxy) is 1. The molecule has 0 aliphatic rings. The minimum atomic E-state index is -4.40. The van der Waals surface area contributed by atoms with Gasteiger partial charge in [-0.15, -0.1) is 0 Å². The fourth-order valence-electron chi connectivity index (χ4n) is 2.43. The van der Waals surface area contributed by atoms with Crippen LogP contribution in [0, 0.1) is 5.82 Å². The van der Waals surface area contributed by atoms with Crippen LogP contribution in [0.1, 0.15) is 28.4 Å². The van der Waals surface area contributed by atoms with Crippen molar-refractivity contribution in [3.63, 3.8) is 0 Å². The molecule has 30 heavy (non-hydrogen) atoms. The summed E-state index contributed by atoms with van der Waals surface area (Å²) < 4.78 is 81.1.